The lowest BCUT2D eigenvalue weighted by Crippen LogP contribution is -2.38. The molecule has 1 N–H and O–H groups in total. The molecule has 1 aliphatic heterocycles. The number of nitrogens with zero attached hydrogens (tertiary/aromatic N) is 1. The van der Waals surface area contributed by atoms with Crippen molar-refractivity contribution in [1.82, 2.24) is 10.2 Å². The van der Waals surface area contributed by atoms with Gasteiger partial charge >= 0.3 is 0 Å². The third-order valence-corrected chi connectivity index (χ3v) is 5.29. The number of hydrogen-bond donors (Lipinski definition) is 1. The first-order chi connectivity index (χ1) is 11.0. The first-order valence-corrected chi connectivity index (χ1v) is 9.09. The van der Waals surface area contributed by atoms with E-state index >= 15 is 0 Å². The summed E-state index contributed by atoms with van der Waals surface area (Å²) in [6.07, 6.45) is 2.41. The van der Waals surface area contributed by atoms with Gasteiger partial charge in [0.05, 0.1) is 0 Å². The van der Waals surface area contributed by atoms with Crippen LogP contribution < -0.4 is 5.32 Å². The molecule has 4 atom stereocenters. The Labute approximate surface area is 140 Å². The molecule has 3 rings (SSSR count). The highest BCUT2D eigenvalue weighted by Crippen LogP contribution is 2.37. The molecule has 0 aromatic heterocycles. The van der Waals surface area contributed by atoms with Gasteiger partial charge in [0.2, 0.25) is 5.91 Å². The van der Waals surface area contributed by atoms with Gasteiger partial charge in [0.1, 0.15) is 0 Å². The van der Waals surface area contributed by atoms with E-state index in [0.29, 0.717) is 12.5 Å². The summed E-state index contributed by atoms with van der Waals surface area (Å²) in [5, 5.41) is 3.05. The topological polar surface area (TPSA) is 32.3 Å². The van der Waals surface area contributed by atoms with Crippen molar-refractivity contribution >= 4 is 5.91 Å². The maximum absolute atomic E-state index is 11.9. The molecule has 3 nitrogen and oxygen atoms in total. The van der Waals surface area contributed by atoms with Crippen LogP contribution in [0, 0.1) is 23.7 Å². The van der Waals surface area contributed by atoms with Gasteiger partial charge in [0.25, 0.3) is 0 Å². The Kier molecular flexibility index (Phi) is 5.05. The lowest BCUT2D eigenvalue weighted by Gasteiger charge is -2.35. The Bertz CT molecular complexity index is 529. The van der Waals surface area contributed by atoms with Crippen LogP contribution in [0.15, 0.2) is 24.3 Å². The normalized spacial score (nSPS) is 30.9. The molecule has 2 fully saturated rings. The molecule has 1 amide bonds. The van der Waals surface area contributed by atoms with E-state index in [1.807, 2.05) is 0 Å². The molecule has 1 aromatic carbocycles. The molecule has 1 heterocycles. The van der Waals surface area contributed by atoms with E-state index in [1.54, 1.807) is 0 Å². The Morgan fingerprint density at radius 2 is 1.61 bits per heavy atom. The summed E-state index contributed by atoms with van der Waals surface area (Å²) in [6, 6.07) is 8.74. The molecule has 2 aliphatic rings. The number of piperidine rings is 1. The average molecular weight is 314 g/mol. The third kappa shape index (κ3) is 4.57. The van der Waals surface area contributed by atoms with Crippen LogP contribution in [0.25, 0.3) is 0 Å². The summed E-state index contributed by atoms with van der Waals surface area (Å²) in [4.78, 5) is 14.4. The lowest BCUT2D eigenvalue weighted by molar-refractivity contribution is -0.122. The van der Waals surface area contributed by atoms with Crippen molar-refractivity contribution in [3.63, 3.8) is 0 Å². The van der Waals surface area contributed by atoms with E-state index in [4.69, 9.17) is 0 Å². The van der Waals surface area contributed by atoms with Crippen molar-refractivity contribution in [3.05, 3.63) is 35.4 Å². The maximum Gasteiger partial charge on any atom is 0.223 e. The molecule has 126 valence electrons. The van der Waals surface area contributed by atoms with Crippen LogP contribution >= 0.6 is 0 Å². The third-order valence-electron chi connectivity index (χ3n) is 5.29. The highest BCUT2D eigenvalue weighted by molar-refractivity contribution is 5.81. The molecule has 0 spiro atoms. The summed E-state index contributed by atoms with van der Waals surface area (Å²) < 4.78 is 0. The number of carbonyl (C=O) groups excluding carboxylic acids is 1. The highest BCUT2D eigenvalue weighted by atomic mass is 16.2. The van der Waals surface area contributed by atoms with Gasteiger partial charge in [-0.15, -0.1) is 0 Å². The standard InChI is InChI=1S/C20H30N2O/c1-14-8-15(2)12-22(11-14)13-18-6-4-17(5-7-18)10-21-20(23)19-9-16(19)3/h4-7,14-16,19H,8-13H2,1-3H3,(H,21,23)/t14-,15-,16+,19-/m1/s1. The van der Waals surface area contributed by atoms with Gasteiger partial charge in [0.15, 0.2) is 0 Å². The average Bonchev–Trinajstić information content (AvgIpc) is 3.22. The zero-order chi connectivity index (χ0) is 16.4. The van der Waals surface area contributed by atoms with Gasteiger partial charge < -0.3 is 5.32 Å². The minimum Gasteiger partial charge on any atom is -0.352 e. The van der Waals surface area contributed by atoms with Crippen LogP contribution in [-0.2, 0) is 17.9 Å². The van der Waals surface area contributed by atoms with Crippen molar-refractivity contribution in [1.29, 1.82) is 0 Å². The largest absolute Gasteiger partial charge is 0.352 e. The number of nitrogens with one attached hydrogen (secondary N) is 1. The van der Waals surface area contributed by atoms with Crippen LogP contribution in [0.3, 0.4) is 0 Å². The fourth-order valence-corrected chi connectivity index (χ4v) is 3.95. The molecule has 1 saturated carbocycles. The Hall–Kier alpha value is -1.35. The molecule has 1 aliphatic carbocycles. The monoisotopic (exact) mass is 314 g/mol. The van der Waals surface area contributed by atoms with E-state index in [1.165, 1.54) is 30.6 Å². The van der Waals surface area contributed by atoms with E-state index in [-0.39, 0.29) is 11.8 Å². The quantitative estimate of drug-likeness (QED) is 0.903. The number of likely N-dealkylation sites (tertiary alicyclic amines) is 1. The number of rotatable bonds is 5. The second kappa shape index (κ2) is 7.04. The van der Waals surface area contributed by atoms with E-state index in [2.05, 4.69) is 55.3 Å². The molecule has 0 unspecified atom stereocenters. The number of amides is 1. The summed E-state index contributed by atoms with van der Waals surface area (Å²) in [7, 11) is 0. The Morgan fingerprint density at radius 3 is 2.17 bits per heavy atom. The first-order valence-electron chi connectivity index (χ1n) is 9.09. The molecule has 0 radical (unpaired) electrons. The molecular formula is C20H30N2O. The first kappa shape index (κ1) is 16.5. The summed E-state index contributed by atoms with van der Waals surface area (Å²) in [5.41, 5.74) is 2.56. The number of carbonyl (C=O) groups is 1. The fourth-order valence-electron chi connectivity index (χ4n) is 3.95. The van der Waals surface area contributed by atoms with Crippen molar-refractivity contribution in [2.45, 2.75) is 46.7 Å². The Morgan fingerprint density at radius 1 is 1.04 bits per heavy atom. The van der Waals surface area contributed by atoms with Crippen molar-refractivity contribution < 1.29 is 4.79 Å². The lowest BCUT2D eigenvalue weighted by atomic mass is 9.91. The summed E-state index contributed by atoms with van der Waals surface area (Å²) in [5.74, 6) is 2.66. The fraction of sp³-hybridized carbons (Fsp3) is 0.650. The second-order valence-corrected chi connectivity index (χ2v) is 7.99. The van der Waals surface area contributed by atoms with Crippen LogP contribution in [0.5, 0.6) is 0 Å². The minimum atomic E-state index is 0.220. The smallest absolute Gasteiger partial charge is 0.223 e. The highest BCUT2D eigenvalue weighted by Gasteiger charge is 2.38. The van der Waals surface area contributed by atoms with Crippen LogP contribution in [-0.4, -0.2) is 23.9 Å². The maximum atomic E-state index is 11.9. The van der Waals surface area contributed by atoms with Crippen LogP contribution in [0.4, 0.5) is 0 Å². The van der Waals surface area contributed by atoms with Crippen molar-refractivity contribution in [2.24, 2.45) is 23.7 Å². The van der Waals surface area contributed by atoms with Gasteiger partial charge in [-0.3, -0.25) is 9.69 Å². The SMILES string of the molecule is C[C@@H]1C[C@@H](C)CN(Cc2ccc(CNC(=O)[C@@H]3C[C@@H]3C)cc2)C1. The molecule has 1 saturated heterocycles. The van der Waals surface area contributed by atoms with Crippen molar-refractivity contribution in [3.8, 4) is 0 Å². The molecule has 23 heavy (non-hydrogen) atoms. The van der Waals surface area contributed by atoms with Gasteiger partial charge in [-0.1, -0.05) is 45.0 Å². The van der Waals surface area contributed by atoms with Gasteiger partial charge in [-0.05, 0) is 41.7 Å². The molecule has 3 heteroatoms. The number of benzene rings is 1. The molecule has 1 aromatic rings. The zero-order valence-electron chi connectivity index (χ0n) is 14.7. The van der Waals surface area contributed by atoms with E-state index in [0.717, 1.165) is 24.8 Å². The predicted octanol–water partition coefficient (Wildman–Crippen LogP) is 3.44. The van der Waals surface area contributed by atoms with Crippen molar-refractivity contribution in [2.75, 3.05) is 13.1 Å². The van der Waals surface area contributed by atoms with E-state index in [9.17, 15) is 4.79 Å². The predicted molar refractivity (Wildman–Crippen MR) is 93.8 cm³/mol. The Balaban J connectivity index is 1.48. The van der Waals surface area contributed by atoms with Gasteiger partial charge in [0, 0.05) is 32.1 Å². The summed E-state index contributed by atoms with van der Waals surface area (Å²) in [6.45, 7) is 11.0. The molecular weight excluding hydrogens is 284 g/mol. The second-order valence-electron chi connectivity index (χ2n) is 7.99. The zero-order valence-corrected chi connectivity index (χ0v) is 14.7. The van der Waals surface area contributed by atoms with Crippen LogP contribution in [0.2, 0.25) is 0 Å². The summed E-state index contributed by atoms with van der Waals surface area (Å²) >= 11 is 0. The molecule has 0 bridgehead atoms. The van der Waals surface area contributed by atoms with Crippen LogP contribution in [0.1, 0.15) is 44.7 Å². The van der Waals surface area contributed by atoms with Gasteiger partial charge in [-0.2, -0.15) is 0 Å². The van der Waals surface area contributed by atoms with Gasteiger partial charge in [-0.25, -0.2) is 0 Å². The minimum absolute atomic E-state index is 0.220. The van der Waals surface area contributed by atoms with E-state index < -0.39 is 0 Å². The number of hydrogen-bond acceptors (Lipinski definition) is 2.